The second-order valence-electron chi connectivity index (χ2n) is 4.28. The van der Waals surface area contributed by atoms with Crippen LogP contribution in [0.2, 0.25) is 0 Å². The standard InChI is InChI=1S/C11H14N4O2/c12-8-3-4-9(11-10(8)13-17-14-11)15(5-6-16)7-1-2-7/h3-4,7,16H,1-2,5-6,12H2. The van der Waals surface area contributed by atoms with E-state index in [9.17, 15) is 0 Å². The smallest absolute Gasteiger partial charge is 0.160 e. The van der Waals surface area contributed by atoms with Gasteiger partial charge in [-0.05, 0) is 35.3 Å². The van der Waals surface area contributed by atoms with Crippen LogP contribution in [0.15, 0.2) is 16.8 Å². The number of hydrogen-bond donors (Lipinski definition) is 2. The predicted molar refractivity (Wildman–Crippen MR) is 63.7 cm³/mol. The Balaban J connectivity index is 2.08. The van der Waals surface area contributed by atoms with Crippen LogP contribution in [0.1, 0.15) is 12.8 Å². The number of hydrogen-bond acceptors (Lipinski definition) is 6. The number of aromatic nitrogens is 2. The normalized spacial score (nSPS) is 15.4. The van der Waals surface area contributed by atoms with Crippen molar-refractivity contribution < 1.29 is 9.74 Å². The van der Waals surface area contributed by atoms with Crippen molar-refractivity contribution in [3.05, 3.63) is 12.1 Å². The van der Waals surface area contributed by atoms with Crippen molar-refractivity contribution in [3.8, 4) is 0 Å². The van der Waals surface area contributed by atoms with Gasteiger partial charge < -0.3 is 15.7 Å². The minimum Gasteiger partial charge on any atom is -0.397 e. The van der Waals surface area contributed by atoms with Crippen LogP contribution in [0, 0.1) is 0 Å². The summed E-state index contributed by atoms with van der Waals surface area (Å²) >= 11 is 0. The van der Waals surface area contributed by atoms with Crippen molar-refractivity contribution in [1.29, 1.82) is 0 Å². The molecule has 90 valence electrons. The second-order valence-corrected chi connectivity index (χ2v) is 4.28. The predicted octanol–water partition coefficient (Wildman–Crippen LogP) is 0.766. The van der Waals surface area contributed by atoms with Gasteiger partial charge in [0.05, 0.1) is 18.0 Å². The van der Waals surface area contributed by atoms with Gasteiger partial charge in [0.2, 0.25) is 0 Å². The van der Waals surface area contributed by atoms with Gasteiger partial charge in [-0.1, -0.05) is 0 Å². The molecule has 6 heteroatoms. The van der Waals surface area contributed by atoms with Gasteiger partial charge in [0.25, 0.3) is 0 Å². The van der Waals surface area contributed by atoms with Crippen molar-refractivity contribution in [3.63, 3.8) is 0 Å². The third kappa shape index (κ3) is 1.70. The van der Waals surface area contributed by atoms with E-state index in [0.29, 0.717) is 29.3 Å². The van der Waals surface area contributed by atoms with Gasteiger partial charge in [0, 0.05) is 12.6 Å². The van der Waals surface area contributed by atoms with Crippen LogP contribution in [-0.4, -0.2) is 34.6 Å². The first kappa shape index (κ1) is 10.3. The highest BCUT2D eigenvalue weighted by molar-refractivity contribution is 5.95. The number of anilines is 2. The first-order chi connectivity index (χ1) is 8.31. The molecule has 6 nitrogen and oxygen atoms in total. The van der Waals surface area contributed by atoms with E-state index in [-0.39, 0.29) is 6.61 Å². The van der Waals surface area contributed by atoms with E-state index in [4.69, 9.17) is 15.5 Å². The third-order valence-electron chi connectivity index (χ3n) is 3.06. The average molecular weight is 234 g/mol. The number of fused-ring (bicyclic) bond motifs is 1. The fourth-order valence-electron chi connectivity index (χ4n) is 2.10. The highest BCUT2D eigenvalue weighted by atomic mass is 16.6. The van der Waals surface area contributed by atoms with E-state index < -0.39 is 0 Å². The molecule has 0 aliphatic heterocycles. The van der Waals surface area contributed by atoms with Gasteiger partial charge in [0.1, 0.15) is 0 Å². The van der Waals surface area contributed by atoms with Gasteiger partial charge in [-0.15, -0.1) is 0 Å². The number of nitrogens with zero attached hydrogens (tertiary/aromatic N) is 3. The molecule has 0 atom stereocenters. The zero-order valence-electron chi connectivity index (χ0n) is 9.33. The quantitative estimate of drug-likeness (QED) is 0.759. The fourth-order valence-corrected chi connectivity index (χ4v) is 2.10. The molecular formula is C11H14N4O2. The molecule has 0 spiro atoms. The van der Waals surface area contributed by atoms with E-state index in [2.05, 4.69) is 15.2 Å². The number of nitrogens with two attached hydrogens (primary N) is 1. The summed E-state index contributed by atoms with van der Waals surface area (Å²) in [5.41, 5.74) is 8.56. The molecule has 1 heterocycles. The molecule has 1 aromatic heterocycles. The van der Waals surface area contributed by atoms with E-state index >= 15 is 0 Å². The van der Waals surface area contributed by atoms with Crippen LogP contribution < -0.4 is 10.6 Å². The van der Waals surface area contributed by atoms with E-state index in [1.54, 1.807) is 6.07 Å². The Bertz CT molecular complexity index is 535. The molecule has 1 aliphatic carbocycles. The van der Waals surface area contributed by atoms with Gasteiger partial charge in [-0.25, -0.2) is 4.63 Å². The average Bonchev–Trinajstić information content (AvgIpc) is 3.04. The molecule has 0 unspecified atom stereocenters. The summed E-state index contributed by atoms with van der Waals surface area (Å²) in [4.78, 5) is 2.14. The number of aliphatic hydroxyl groups is 1. The van der Waals surface area contributed by atoms with Crippen molar-refractivity contribution in [2.24, 2.45) is 0 Å². The van der Waals surface area contributed by atoms with E-state index in [0.717, 1.165) is 18.5 Å². The highest BCUT2D eigenvalue weighted by Gasteiger charge is 2.30. The SMILES string of the molecule is Nc1ccc(N(CCO)C2CC2)c2nonc12. The summed E-state index contributed by atoms with van der Waals surface area (Å²) in [6.07, 6.45) is 2.30. The molecule has 1 saturated carbocycles. The Kier molecular flexibility index (Phi) is 2.36. The topological polar surface area (TPSA) is 88.4 Å². The van der Waals surface area contributed by atoms with Crippen molar-refractivity contribution in [2.75, 3.05) is 23.8 Å². The maximum atomic E-state index is 9.13. The first-order valence-corrected chi connectivity index (χ1v) is 5.69. The molecule has 0 amide bonds. The molecule has 3 N–H and O–H groups in total. The first-order valence-electron chi connectivity index (χ1n) is 5.69. The number of rotatable bonds is 4. The highest BCUT2D eigenvalue weighted by Crippen LogP contribution is 2.35. The van der Waals surface area contributed by atoms with E-state index in [1.807, 2.05) is 6.07 Å². The van der Waals surface area contributed by atoms with E-state index in [1.165, 1.54) is 0 Å². The zero-order chi connectivity index (χ0) is 11.8. The number of benzene rings is 1. The van der Waals surface area contributed by atoms with Crippen molar-refractivity contribution in [1.82, 2.24) is 10.3 Å². The number of aliphatic hydroxyl groups excluding tert-OH is 1. The molecule has 1 aliphatic rings. The van der Waals surface area contributed by atoms with Crippen LogP contribution in [0.25, 0.3) is 11.0 Å². The van der Waals surface area contributed by atoms with Crippen molar-refractivity contribution in [2.45, 2.75) is 18.9 Å². The molecule has 17 heavy (non-hydrogen) atoms. The maximum Gasteiger partial charge on any atom is 0.160 e. The molecule has 2 aromatic rings. The summed E-state index contributed by atoms with van der Waals surface area (Å²) < 4.78 is 4.75. The Morgan fingerprint density at radius 2 is 2.12 bits per heavy atom. The summed E-state index contributed by atoms with van der Waals surface area (Å²) in [5, 5.41) is 16.8. The van der Waals surface area contributed by atoms with Crippen LogP contribution in [0.3, 0.4) is 0 Å². The zero-order valence-corrected chi connectivity index (χ0v) is 9.33. The van der Waals surface area contributed by atoms with Gasteiger partial charge in [0.15, 0.2) is 11.0 Å². The number of nitrogen functional groups attached to an aromatic ring is 1. The summed E-state index contributed by atoms with van der Waals surface area (Å²) in [6, 6.07) is 4.20. The molecule has 1 aromatic carbocycles. The lowest BCUT2D eigenvalue weighted by Crippen LogP contribution is -2.29. The van der Waals surface area contributed by atoms with Crippen LogP contribution in [-0.2, 0) is 0 Å². The van der Waals surface area contributed by atoms with Gasteiger partial charge in [-0.2, -0.15) is 0 Å². The summed E-state index contributed by atoms with van der Waals surface area (Å²) in [5.74, 6) is 0. The van der Waals surface area contributed by atoms with Gasteiger partial charge >= 0.3 is 0 Å². The minimum absolute atomic E-state index is 0.119. The molecule has 3 rings (SSSR count). The largest absolute Gasteiger partial charge is 0.397 e. The Morgan fingerprint density at radius 3 is 2.82 bits per heavy atom. The summed E-state index contributed by atoms with van der Waals surface area (Å²) in [6.45, 7) is 0.712. The molecule has 0 radical (unpaired) electrons. The lowest BCUT2D eigenvalue weighted by Gasteiger charge is -2.23. The monoisotopic (exact) mass is 234 g/mol. The Hall–Kier alpha value is -1.82. The summed E-state index contributed by atoms with van der Waals surface area (Å²) in [7, 11) is 0. The lowest BCUT2D eigenvalue weighted by atomic mass is 10.2. The molecule has 1 fully saturated rings. The molecule has 0 saturated heterocycles. The van der Waals surface area contributed by atoms with Crippen LogP contribution in [0.5, 0.6) is 0 Å². The fraction of sp³-hybridized carbons (Fsp3) is 0.455. The Morgan fingerprint density at radius 1 is 1.35 bits per heavy atom. The molecule has 0 bridgehead atoms. The maximum absolute atomic E-state index is 9.13. The van der Waals surface area contributed by atoms with Crippen LogP contribution in [0.4, 0.5) is 11.4 Å². The minimum atomic E-state index is 0.119. The van der Waals surface area contributed by atoms with Crippen molar-refractivity contribution >= 4 is 22.4 Å². The lowest BCUT2D eigenvalue weighted by molar-refractivity contribution is 0.301. The van der Waals surface area contributed by atoms with Gasteiger partial charge in [-0.3, -0.25) is 0 Å². The third-order valence-corrected chi connectivity index (χ3v) is 3.06. The molecular weight excluding hydrogens is 220 g/mol. The van der Waals surface area contributed by atoms with Crippen LogP contribution >= 0.6 is 0 Å². The second kappa shape index (κ2) is 3.89. The Labute approximate surface area is 98.0 Å².